The van der Waals surface area contributed by atoms with Crippen molar-refractivity contribution in [3.63, 3.8) is 0 Å². The molecule has 0 unspecified atom stereocenters. The summed E-state index contributed by atoms with van der Waals surface area (Å²) < 4.78 is 5.50. The number of carbonyl (C=O) groups excluding carboxylic acids is 1. The second-order valence-electron chi connectivity index (χ2n) is 7.01. The topological polar surface area (TPSA) is 44.8 Å². The number of hydrogen-bond acceptors (Lipinski definition) is 4. The van der Waals surface area contributed by atoms with Crippen LogP contribution < -0.4 is 5.32 Å². The SMILES string of the molecule is CC(C)NCCOCCC(=O)N1CCN(C(C)(C)C)CC1. The van der Waals surface area contributed by atoms with E-state index >= 15 is 0 Å². The van der Waals surface area contributed by atoms with Gasteiger partial charge in [-0.05, 0) is 20.8 Å². The van der Waals surface area contributed by atoms with Crippen molar-refractivity contribution < 1.29 is 9.53 Å². The summed E-state index contributed by atoms with van der Waals surface area (Å²) in [6, 6.07) is 0.481. The van der Waals surface area contributed by atoms with E-state index in [1.807, 2.05) is 4.90 Å². The average Bonchev–Trinajstić information content (AvgIpc) is 2.41. The van der Waals surface area contributed by atoms with Gasteiger partial charge in [-0.3, -0.25) is 9.69 Å². The van der Waals surface area contributed by atoms with Gasteiger partial charge in [-0.2, -0.15) is 0 Å². The second-order valence-corrected chi connectivity index (χ2v) is 7.01. The summed E-state index contributed by atoms with van der Waals surface area (Å²) in [6.45, 7) is 16.5. The lowest BCUT2D eigenvalue weighted by molar-refractivity contribution is -0.134. The predicted molar refractivity (Wildman–Crippen MR) is 86.5 cm³/mol. The van der Waals surface area contributed by atoms with Gasteiger partial charge in [-0.1, -0.05) is 13.8 Å². The summed E-state index contributed by atoms with van der Waals surface area (Å²) in [5, 5.41) is 3.29. The number of hydrogen-bond donors (Lipinski definition) is 1. The van der Waals surface area contributed by atoms with Gasteiger partial charge in [0, 0.05) is 44.3 Å². The van der Waals surface area contributed by atoms with E-state index in [4.69, 9.17) is 4.74 Å². The fraction of sp³-hybridized carbons (Fsp3) is 0.938. The van der Waals surface area contributed by atoms with E-state index in [9.17, 15) is 4.79 Å². The third kappa shape index (κ3) is 7.25. The molecule has 1 saturated heterocycles. The highest BCUT2D eigenvalue weighted by Crippen LogP contribution is 2.16. The Bertz CT molecular complexity index is 305. The van der Waals surface area contributed by atoms with Crippen LogP contribution in [-0.2, 0) is 9.53 Å². The second kappa shape index (κ2) is 8.71. The Balaban J connectivity index is 2.11. The minimum atomic E-state index is 0.196. The Labute approximate surface area is 130 Å². The van der Waals surface area contributed by atoms with Crippen molar-refractivity contribution >= 4 is 5.91 Å². The van der Waals surface area contributed by atoms with Gasteiger partial charge < -0.3 is 15.0 Å². The Morgan fingerprint density at radius 2 is 1.76 bits per heavy atom. The first kappa shape index (κ1) is 18.4. The van der Waals surface area contributed by atoms with Crippen LogP contribution in [0.3, 0.4) is 0 Å². The quantitative estimate of drug-likeness (QED) is 0.721. The summed E-state index contributed by atoms with van der Waals surface area (Å²) in [6.07, 6.45) is 0.497. The third-order valence-electron chi connectivity index (χ3n) is 3.84. The van der Waals surface area contributed by atoms with Crippen LogP contribution >= 0.6 is 0 Å². The first-order chi connectivity index (χ1) is 9.80. The monoisotopic (exact) mass is 299 g/mol. The molecule has 0 aliphatic carbocycles. The maximum Gasteiger partial charge on any atom is 0.224 e. The summed E-state index contributed by atoms with van der Waals surface area (Å²) >= 11 is 0. The highest BCUT2D eigenvalue weighted by molar-refractivity contribution is 5.76. The van der Waals surface area contributed by atoms with E-state index in [1.165, 1.54) is 0 Å². The summed E-state index contributed by atoms with van der Waals surface area (Å²) in [5.74, 6) is 0.223. The lowest BCUT2D eigenvalue weighted by Crippen LogP contribution is -2.54. The van der Waals surface area contributed by atoms with E-state index in [0.717, 1.165) is 32.7 Å². The van der Waals surface area contributed by atoms with Crippen molar-refractivity contribution in [3.8, 4) is 0 Å². The van der Waals surface area contributed by atoms with E-state index < -0.39 is 0 Å². The summed E-state index contributed by atoms with van der Waals surface area (Å²) in [7, 11) is 0. The van der Waals surface area contributed by atoms with Crippen LogP contribution in [0.4, 0.5) is 0 Å². The van der Waals surface area contributed by atoms with Gasteiger partial charge >= 0.3 is 0 Å². The Kier molecular flexibility index (Phi) is 7.63. The van der Waals surface area contributed by atoms with Crippen LogP contribution in [0.5, 0.6) is 0 Å². The van der Waals surface area contributed by atoms with Gasteiger partial charge in [-0.25, -0.2) is 0 Å². The van der Waals surface area contributed by atoms with Gasteiger partial charge in [-0.15, -0.1) is 0 Å². The Hall–Kier alpha value is -0.650. The van der Waals surface area contributed by atoms with Gasteiger partial charge in [0.25, 0.3) is 0 Å². The summed E-state index contributed by atoms with van der Waals surface area (Å²) in [5.41, 5.74) is 0.196. The largest absolute Gasteiger partial charge is 0.380 e. The molecule has 124 valence electrons. The molecule has 0 spiro atoms. The molecular weight excluding hydrogens is 266 g/mol. The molecule has 1 rings (SSSR count). The molecule has 1 heterocycles. The van der Waals surface area contributed by atoms with Gasteiger partial charge in [0.05, 0.1) is 19.6 Å². The van der Waals surface area contributed by atoms with E-state index in [2.05, 4.69) is 44.8 Å². The molecule has 5 heteroatoms. The van der Waals surface area contributed by atoms with Gasteiger partial charge in [0.15, 0.2) is 0 Å². The lowest BCUT2D eigenvalue weighted by Gasteiger charge is -2.42. The molecule has 1 aliphatic rings. The predicted octanol–water partition coefficient (Wildman–Crippen LogP) is 1.33. The van der Waals surface area contributed by atoms with Crippen LogP contribution in [0.25, 0.3) is 0 Å². The van der Waals surface area contributed by atoms with Crippen molar-refractivity contribution in [2.75, 3.05) is 45.9 Å². The van der Waals surface area contributed by atoms with Crippen LogP contribution in [0, 0.1) is 0 Å². The highest BCUT2D eigenvalue weighted by atomic mass is 16.5. The first-order valence-electron chi connectivity index (χ1n) is 8.14. The molecule has 0 aromatic rings. The normalized spacial score (nSPS) is 17.5. The number of amides is 1. The number of piperazine rings is 1. The molecule has 1 aliphatic heterocycles. The molecule has 0 bridgehead atoms. The Morgan fingerprint density at radius 1 is 1.14 bits per heavy atom. The zero-order valence-electron chi connectivity index (χ0n) is 14.4. The maximum absolute atomic E-state index is 12.1. The van der Waals surface area contributed by atoms with Gasteiger partial charge in [0.2, 0.25) is 5.91 Å². The number of ether oxygens (including phenoxy) is 1. The molecular formula is C16H33N3O2. The minimum absolute atomic E-state index is 0.196. The zero-order chi connectivity index (χ0) is 15.9. The van der Waals surface area contributed by atoms with Crippen molar-refractivity contribution in [2.24, 2.45) is 0 Å². The smallest absolute Gasteiger partial charge is 0.224 e. The van der Waals surface area contributed by atoms with E-state index in [1.54, 1.807) is 0 Å². The fourth-order valence-electron chi connectivity index (χ4n) is 2.47. The van der Waals surface area contributed by atoms with Crippen molar-refractivity contribution in [1.29, 1.82) is 0 Å². The molecule has 1 N–H and O–H groups in total. The fourth-order valence-corrected chi connectivity index (χ4v) is 2.47. The molecule has 0 radical (unpaired) electrons. The first-order valence-corrected chi connectivity index (χ1v) is 8.14. The number of nitrogens with one attached hydrogen (secondary N) is 1. The minimum Gasteiger partial charge on any atom is -0.380 e. The summed E-state index contributed by atoms with van der Waals surface area (Å²) in [4.78, 5) is 16.5. The van der Waals surface area contributed by atoms with Crippen LogP contribution in [-0.4, -0.2) is 73.2 Å². The number of carbonyl (C=O) groups is 1. The molecule has 1 fully saturated rings. The molecule has 0 aromatic heterocycles. The highest BCUT2D eigenvalue weighted by Gasteiger charge is 2.27. The molecule has 21 heavy (non-hydrogen) atoms. The van der Waals surface area contributed by atoms with Gasteiger partial charge in [0.1, 0.15) is 0 Å². The molecule has 0 atom stereocenters. The van der Waals surface area contributed by atoms with E-state index in [0.29, 0.717) is 25.7 Å². The third-order valence-corrected chi connectivity index (χ3v) is 3.84. The zero-order valence-corrected chi connectivity index (χ0v) is 14.4. The molecule has 1 amide bonds. The lowest BCUT2D eigenvalue weighted by atomic mass is 10.0. The molecule has 0 aromatic carbocycles. The Morgan fingerprint density at radius 3 is 2.29 bits per heavy atom. The van der Waals surface area contributed by atoms with Crippen molar-refractivity contribution in [3.05, 3.63) is 0 Å². The van der Waals surface area contributed by atoms with Crippen LogP contribution in [0.1, 0.15) is 41.0 Å². The number of nitrogens with zero attached hydrogens (tertiary/aromatic N) is 2. The average molecular weight is 299 g/mol. The van der Waals surface area contributed by atoms with Crippen LogP contribution in [0.15, 0.2) is 0 Å². The molecule has 5 nitrogen and oxygen atoms in total. The number of rotatable bonds is 7. The van der Waals surface area contributed by atoms with E-state index in [-0.39, 0.29) is 11.4 Å². The van der Waals surface area contributed by atoms with Crippen molar-refractivity contribution in [2.45, 2.75) is 52.6 Å². The molecule has 0 saturated carbocycles. The maximum atomic E-state index is 12.1. The van der Waals surface area contributed by atoms with Crippen molar-refractivity contribution in [1.82, 2.24) is 15.1 Å². The standard InChI is InChI=1S/C16H33N3O2/c1-14(2)17-7-13-21-12-6-15(20)18-8-10-19(11-9-18)16(3,4)5/h14,17H,6-13H2,1-5H3. The van der Waals surface area contributed by atoms with Crippen LogP contribution in [0.2, 0.25) is 0 Å².